The maximum Gasteiger partial charge on any atom is 0.0941 e. The van der Waals surface area contributed by atoms with Gasteiger partial charge in [-0.1, -0.05) is 6.92 Å². The summed E-state index contributed by atoms with van der Waals surface area (Å²) in [5, 5.41) is 14.9. The van der Waals surface area contributed by atoms with Crippen molar-refractivity contribution in [3.05, 3.63) is 11.8 Å². The van der Waals surface area contributed by atoms with Crippen LogP contribution in [-0.4, -0.2) is 32.3 Å². The largest absolute Gasteiger partial charge is 0.394 e. The van der Waals surface area contributed by atoms with E-state index >= 15 is 0 Å². The molecule has 0 bridgehead atoms. The van der Waals surface area contributed by atoms with E-state index < -0.39 is 5.54 Å². The Morgan fingerprint density at radius 1 is 1.69 bits per heavy atom. The van der Waals surface area contributed by atoms with Crippen LogP contribution in [0.2, 0.25) is 0 Å². The smallest absolute Gasteiger partial charge is 0.0941 e. The molecule has 1 heterocycles. The summed E-state index contributed by atoms with van der Waals surface area (Å²) in [7, 11) is 1.94. The second-order valence-electron chi connectivity index (χ2n) is 4.69. The Hall–Kier alpha value is -0.520. The quantitative estimate of drug-likeness (QED) is 0.765. The van der Waals surface area contributed by atoms with Gasteiger partial charge in [0.15, 0.2) is 0 Å². The Kier molecular flexibility index (Phi) is 4.41. The average Bonchev–Trinajstić information content (AvgIpc) is 2.44. The molecule has 0 amide bonds. The van der Waals surface area contributed by atoms with E-state index in [1.807, 2.05) is 25.6 Å². The molecule has 3 N–H and O–H groups in total. The number of thioether (sulfide) groups is 1. The highest BCUT2D eigenvalue weighted by Crippen LogP contribution is 2.27. The summed E-state index contributed by atoms with van der Waals surface area (Å²) in [5.41, 5.74) is 6.45. The minimum Gasteiger partial charge on any atom is -0.394 e. The molecule has 1 aromatic heterocycles. The molecule has 0 radical (unpaired) electrons. The summed E-state index contributed by atoms with van der Waals surface area (Å²) in [6.45, 7) is 5.99. The highest BCUT2D eigenvalue weighted by molar-refractivity contribution is 7.99. The molecule has 92 valence electrons. The van der Waals surface area contributed by atoms with Crippen LogP contribution in [0.4, 0.5) is 0 Å². The number of hydrogen-bond donors (Lipinski definition) is 2. The highest BCUT2D eigenvalue weighted by Gasteiger charge is 2.21. The maximum absolute atomic E-state index is 9.12. The van der Waals surface area contributed by atoms with Gasteiger partial charge in [0.1, 0.15) is 0 Å². The first-order valence-corrected chi connectivity index (χ1v) is 6.29. The van der Waals surface area contributed by atoms with Crippen molar-refractivity contribution in [1.29, 1.82) is 0 Å². The van der Waals surface area contributed by atoms with Gasteiger partial charge < -0.3 is 10.8 Å². The Morgan fingerprint density at radius 3 is 2.75 bits per heavy atom. The first-order chi connectivity index (χ1) is 7.34. The van der Waals surface area contributed by atoms with Crippen LogP contribution in [0.3, 0.4) is 0 Å². The normalized spacial score (nSPS) is 17.1. The van der Waals surface area contributed by atoms with Crippen LogP contribution in [0.25, 0.3) is 0 Å². The second kappa shape index (κ2) is 5.21. The molecule has 2 unspecified atom stereocenters. The first kappa shape index (κ1) is 13.5. The Morgan fingerprint density at radius 2 is 2.31 bits per heavy atom. The van der Waals surface area contributed by atoms with Gasteiger partial charge in [-0.2, -0.15) is 5.10 Å². The van der Waals surface area contributed by atoms with Crippen molar-refractivity contribution < 1.29 is 5.11 Å². The number of rotatable bonds is 5. The van der Waals surface area contributed by atoms with Crippen LogP contribution in [0.5, 0.6) is 0 Å². The molecule has 5 heteroatoms. The van der Waals surface area contributed by atoms with E-state index in [1.54, 1.807) is 11.8 Å². The van der Waals surface area contributed by atoms with Crippen molar-refractivity contribution in [2.45, 2.75) is 43.0 Å². The molecule has 0 saturated heterocycles. The Labute approximate surface area is 101 Å². The molecule has 4 nitrogen and oxygen atoms in total. The summed E-state index contributed by atoms with van der Waals surface area (Å²) in [4.78, 5) is 0. The number of aryl methyl sites for hydroxylation is 2. The fraction of sp³-hybridized carbons (Fsp3) is 0.727. The number of aromatic nitrogens is 2. The molecular weight excluding hydrogens is 222 g/mol. The number of hydrogen-bond acceptors (Lipinski definition) is 4. The van der Waals surface area contributed by atoms with Gasteiger partial charge in [-0.05, 0) is 26.3 Å². The fourth-order valence-corrected chi connectivity index (χ4v) is 2.97. The lowest BCUT2D eigenvalue weighted by atomic mass is 9.99. The van der Waals surface area contributed by atoms with Crippen LogP contribution < -0.4 is 5.73 Å². The topological polar surface area (TPSA) is 64.1 Å². The summed E-state index contributed by atoms with van der Waals surface area (Å²) >= 11 is 1.74. The summed E-state index contributed by atoms with van der Waals surface area (Å²) in [5.74, 6) is 0. The molecule has 0 aromatic carbocycles. The van der Waals surface area contributed by atoms with Gasteiger partial charge in [-0.3, -0.25) is 4.68 Å². The molecule has 1 aromatic rings. The van der Waals surface area contributed by atoms with Crippen molar-refractivity contribution in [3.8, 4) is 0 Å². The standard InChI is InChI=1S/C11H21N3OS/c1-8-5-10(14(4)13-8)16-9(2)6-11(3,12)7-15/h5,9,15H,6-7,12H2,1-4H3. The summed E-state index contributed by atoms with van der Waals surface area (Å²) in [6, 6.07) is 2.06. The zero-order valence-electron chi connectivity index (χ0n) is 10.4. The monoisotopic (exact) mass is 243 g/mol. The third-order valence-electron chi connectivity index (χ3n) is 2.40. The van der Waals surface area contributed by atoms with E-state index in [0.717, 1.165) is 17.1 Å². The average molecular weight is 243 g/mol. The molecule has 0 fully saturated rings. The maximum atomic E-state index is 9.12. The highest BCUT2D eigenvalue weighted by atomic mass is 32.2. The predicted octanol–water partition coefficient (Wildman–Crippen LogP) is 1.31. The van der Waals surface area contributed by atoms with E-state index in [1.165, 1.54) is 0 Å². The van der Waals surface area contributed by atoms with Crippen molar-refractivity contribution in [2.24, 2.45) is 12.8 Å². The number of aliphatic hydroxyl groups is 1. The predicted molar refractivity (Wildman–Crippen MR) is 67.6 cm³/mol. The molecule has 0 spiro atoms. The molecule has 0 aliphatic heterocycles. The van der Waals surface area contributed by atoms with E-state index in [4.69, 9.17) is 10.8 Å². The van der Waals surface area contributed by atoms with Gasteiger partial charge in [0, 0.05) is 17.8 Å². The van der Waals surface area contributed by atoms with E-state index in [2.05, 4.69) is 18.1 Å². The minimum atomic E-state index is -0.500. The van der Waals surface area contributed by atoms with Gasteiger partial charge in [0.2, 0.25) is 0 Å². The Bertz CT molecular complexity index is 349. The number of nitrogens with two attached hydrogens (primary N) is 1. The zero-order chi connectivity index (χ0) is 12.3. The molecule has 16 heavy (non-hydrogen) atoms. The van der Waals surface area contributed by atoms with Gasteiger partial charge in [-0.15, -0.1) is 11.8 Å². The first-order valence-electron chi connectivity index (χ1n) is 5.41. The SMILES string of the molecule is Cc1cc(SC(C)CC(C)(N)CO)n(C)n1. The van der Waals surface area contributed by atoms with Crippen molar-refractivity contribution in [2.75, 3.05) is 6.61 Å². The molecule has 0 aliphatic rings. The van der Waals surface area contributed by atoms with Gasteiger partial charge in [-0.25, -0.2) is 0 Å². The fourth-order valence-electron chi connectivity index (χ4n) is 1.67. The van der Waals surface area contributed by atoms with Crippen LogP contribution in [-0.2, 0) is 7.05 Å². The van der Waals surface area contributed by atoms with Crippen molar-refractivity contribution >= 4 is 11.8 Å². The second-order valence-corrected chi connectivity index (χ2v) is 6.15. The lowest BCUT2D eigenvalue weighted by molar-refractivity contribution is 0.201. The van der Waals surface area contributed by atoms with Gasteiger partial charge in [0.05, 0.1) is 17.3 Å². The molecule has 2 atom stereocenters. The lowest BCUT2D eigenvalue weighted by Crippen LogP contribution is -2.42. The van der Waals surface area contributed by atoms with Gasteiger partial charge >= 0.3 is 0 Å². The van der Waals surface area contributed by atoms with Crippen molar-refractivity contribution in [3.63, 3.8) is 0 Å². The number of aliphatic hydroxyl groups excluding tert-OH is 1. The van der Waals surface area contributed by atoms with E-state index in [-0.39, 0.29) is 6.61 Å². The van der Waals surface area contributed by atoms with Crippen LogP contribution in [0, 0.1) is 6.92 Å². The summed E-state index contributed by atoms with van der Waals surface area (Å²) in [6.07, 6.45) is 0.776. The van der Waals surface area contributed by atoms with E-state index in [9.17, 15) is 0 Å². The van der Waals surface area contributed by atoms with Gasteiger partial charge in [0.25, 0.3) is 0 Å². The minimum absolute atomic E-state index is 0.0162. The lowest BCUT2D eigenvalue weighted by Gasteiger charge is -2.25. The summed E-state index contributed by atoms with van der Waals surface area (Å²) < 4.78 is 1.88. The third kappa shape index (κ3) is 3.81. The molecular formula is C11H21N3OS. The Balaban J connectivity index is 2.58. The van der Waals surface area contributed by atoms with Crippen molar-refractivity contribution in [1.82, 2.24) is 9.78 Å². The molecule has 1 rings (SSSR count). The number of nitrogens with zero attached hydrogens (tertiary/aromatic N) is 2. The molecule has 0 aliphatic carbocycles. The van der Waals surface area contributed by atoms with Crippen LogP contribution >= 0.6 is 11.8 Å². The van der Waals surface area contributed by atoms with Crippen LogP contribution in [0.15, 0.2) is 11.1 Å². The zero-order valence-corrected chi connectivity index (χ0v) is 11.2. The third-order valence-corrected chi connectivity index (χ3v) is 3.59. The van der Waals surface area contributed by atoms with Crippen LogP contribution in [0.1, 0.15) is 26.0 Å². The van der Waals surface area contributed by atoms with E-state index in [0.29, 0.717) is 5.25 Å². The molecule has 0 saturated carbocycles.